The van der Waals surface area contributed by atoms with Crippen molar-refractivity contribution in [1.29, 1.82) is 0 Å². The van der Waals surface area contributed by atoms with E-state index in [2.05, 4.69) is 5.10 Å². The van der Waals surface area contributed by atoms with Gasteiger partial charge >= 0.3 is 0 Å². The van der Waals surface area contributed by atoms with Gasteiger partial charge in [0, 0.05) is 31.2 Å². The van der Waals surface area contributed by atoms with E-state index >= 15 is 0 Å². The number of amides is 1. The molecule has 2 heterocycles. The molecule has 0 N–H and O–H groups in total. The number of carbonyl (C=O) groups is 1. The molecule has 0 spiro atoms. The lowest BCUT2D eigenvalue weighted by molar-refractivity contribution is -0.132. The number of hydrogen-bond acceptors (Lipinski definition) is 4. The molecule has 0 bridgehead atoms. The predicted octanol–water partition coefficient (Wildman–Crippen LogP) is 0.371. The fourth-order valence-electron chi connectivity index (χ4n) is 1.52. The van der Waals surface area contributed by atoms with Crippen LogP contribution in [-0.2, 0) is 16.6 Å². The highest BCUT2D eigenvalue weighted by Crippen LogP contribution is 2.17. The molecular weight excluding hydrogens is 226 g/mol. The molecule has 1 aliphatic rings. The van der Waals surface area contributed by atoms with Crippen LogP contribution in [0, 0.1) is 0 Å². The first-order valence-corrected chi connectivity index (χ1v) is 6.21. The molecular formula is C10H15N3O2S. The van der Waals surface area contributed by atoms with Crippen LogP contribution in [0.3, 0.4) is 0 Å². The number of nitrogens with zero attached hydrogens (tertiary/aromatic N) is 3. The third kappa shape index (κ3) is 2.99. The van der Waals surface area contributed by atoms with Crippen molar-refractivity contribution in [2.24, 2.45) is 7.05 Å². The molecule has 0 unspecified atom stereocenters. The minimum Gasteiger partial charge on any atom is -0.378 e. The number of aromatic nitrogens is 2. The maximum absolute atomic E-state index is 11.8. The number of hydrogen-bond donors (Lipinski definition) is 0. The Morgan fingerprint density at radius 3 is 2.94 bits per heavy atom. The second kappa shape index (κ2) is 5.36. The molecule has 1 aliphatic heterocycles. The molecule has 0 aliphatic carbocycles. The Balaban J connectivity index is 1.78. The van der Waals surface area contributed by atoms with Crippen LogP contribution in [0.1, 0.15) is 0 Å². The zero-order valence-corrected chi connectivity index (χ0v) is 10.1. The van der Waals surface area contributed by atoms with Crippen LogP contribution in [-0.4, -0.2) is 52.6 Å². The topological polar surface area (TPSA) is 47.4 Å². The summed E-state index contributed by atoms with van der Waals surface area (Å²) in [6.45, 7) is 2.74. The first-order valence-electron chi connectivity index (χ1n) is 5.22. The number of thioether (sulfide) groups is 1. The van der Waals surface area contributed by atoms with Gasteiger partial charge in [-0.2, -0.15) is 5.10 Å². The van der Waals surface area contributed by atoms with Crippen molar-refractivity contribution in [1.82, 2.24) is 14.7 Å². The molecule has 1 aromatic rings. The lowest BCUT2D eigenvalue weighted by Gasteiger charge is -2.26. The van der Waals surface area contributed by atoms with Crippen molar-refractivity contribution in [2.75, 3.05) is 32.1 Å². The Kier molecular flexibility index (Phi) is 3.84. The lowest BCUT2D eigenvalue weighted by atomic mass is 10.4. The quantitative estimate of drug-likeness (QED) is 0.717. The van der Waals surface area contributed by atoms with Crippen molar-refractivity contribution in [3.8, 4) is 0 Å². The van der Waals surface area contributed by atoms with Crippen molar-refractivity contribution in [2.45, 2.75) is 4.90 Å². The summed E-state index contributed by atoms with van der Waals surface area (Å²) < 4.78 is 6.94. The molecule has 0 saturated carbocycles. The van der Waals surface area contributed by atoms with Crippen molar-refractivity contribution >= 4 is 17.7 Å². The summed E-state index contributed by atoms with van der Waals surface area (Å²) in [6, 6.07) is 0. The summed E-state index contributed by atoms with van der Waals surface area (Å²) in [4.78, 5) is 14.7. The molecule has 6 heteroatoms. The molecule has 88 valence electrons. The number of morpholine rings is 1. The Labute approximate surface area is 98.7 Å². The fourth-order valence-corrected chi connectivity index (χ4v) is 2.34. The number of carbonyl (C=O) groups excluding carboxylic acids is 1. The standard InChI is InChI=1S/C10H15N3O2S/c1-12-7-9(6-11-12)16-8-10(14)13-2-4-15-5-3-13/h6-7H,2-5,8H2,1H3. The summed E-state index contributed by atoms with van der Waals surface area (Å²) in [6.07, 6.45) is 3.69. The number of rotatable bonds is 3. The molecule has 1 aromatic heterocycles. The van der Waals surface area contributed by atoms with Crippen molar-refractivity contribution in [3.63, 3.8) is 0 Å². The van der Waals surface area contributed by atoms with Gasteiger partial charge in [-0.05, 0) is 0 Å². The highest BCUT2D eigenvalue weighted by Gasteiger charge is 2.16. The monoisotopic (exact) mass is 241 g/mol. The van der Waals surface area contributed by atoms with Gasteiger partial charge in [0.25, 0.3) is 0 Å². The van der Waals surface area contributed by atoms with Crippen LogP contribution in [0.2, 0.25) is 0 Å². The Bertz CT molecular complexity index is 361. The smallest absolute Gasteiger partial charge is 0.233 e. The van der Waals surface area contributed by atoms with E-state index in [1.54, 1.807) is 10.9 Å². The molecule has 0 aromatic carbocycles. The third-order valence-corrected chi connectivity index (χ3v) is 3.34. The number of aryl methyl sites for hydroxylation is 1. The second-order valence-corrected chi connectivity index (χ2v) is 4.68. The van der Waals surface area contributed by atoms with Gasteiger partial charge in [0.15, 0.2) is 0 Å². The zero-order valence-electron chi connectivity index (χ0n) is 9.26. The first-order chi connectivity index (χ1) is 7.75. The maximum atomic E-state index is 11.8. The highest BCUT2D eigenvalue weighted by molar-refractivity contribution is 8.00. The van der Waals surface area contributed by atoms with Gasteiger partial charge in [-0.1, -0.05) is 0 Å². The SMILES string of the molecule is Cn1cc(SCC(=O)N2CCOCC2)cn1. The predicted molar refractivity (Wildman–Crippen MR) is 61.3 cm³/mol. The molecule has 0 atom stereocenters. The Morgan fingerprint density at radius 1 is 1.56 bits per heavy atom. The van der Waals surface area contributed by atoms with E-state index in [-0.39, 0.29) is 5.91 Å². The lowest BCUT2D eigenvalue weighted by Crippen LogP contribution is -2.41. The van der Waals surface area contributed by atoms with Crippen LogP contribution < -0.4 is 0 Å². The minimum absolute atomic E-state index is 0.178. The van der Waals surface area contributed by atoms with E-state index in [9.17, 15) is 4.79 Å². The molecule has 0 radical (unpaired) electrons. The average Bonchev–Trinajstić information content (AvgIpc) is 2.73. The minimum atomic E-state index is 0.178. The highest BCUT2D eigenvalue weighted by atomic mass is 32.2. The second-order valence-electron chi connectivity index (χ2n) is 3.63. The first kappa shape index (κ1) is 11.5. The maximum Gasteiger partial charge on any atom is 0.233 e. The van der Waals surface area contributed by atoms with Crippen LogP contribution >= 0.6 is 11.8 Å². The fraction of sp³-hybridized carbons (Fsp3) is 0.600. The molecule has 1 amide bonds. The van der Waals surface area contributed by atoms with E-state index in [0.717, 1.165) is 4.90 Å². The van der Waals surface area contributed by atoms with Gasteiger partial charge in [0.05, 0.1) is 25.2 Å². The zero-order chi connectivity index (χ0) is 11.4. The van der Waals surface area contributed by atoms with Gasteiger partial charge in [-0.25, -0.2) is 0 Å². The van der Waals surface area contributed by atoms with E-state index in [0.29, 0.717) is 32.1 Å². The van der Waals surface area contributed by atoms with Crippen LogP contribution in [0.25, 0.3) is 0 Å². The van der Waals surface area contributed by atoms with Crippen molar-refractivity contribution < 1.29 is 9.53 Å². The normalized spacial score (nSPS) is 16.4. The van der Waals surface area contributed by atoms with Gasteiger partial charge in [0.1, 0.15) is 0 Å². The van der Waals surface area contributed by atoms with Crippen LogP contribution in [0.4, 0.5) is 0 Å². The molecule has 1 saturated heterocycles. The van der Waals surface area contributed by atoms with Crippen LogP contribution in [0.15, 0.2) is 17.3 Å². The van der Waals surface area contributed by atoms with Gasteiger partial charge in [-0.15, -0.1) is 11.8 Å². The van der Waals surface area contributed by atoms with E-state index in [1.165, 1.54) is 11.8 Å². The van der Waals surface area contributed by atoms with Crippen LogP contribution in [0.5, 0.6) is 0 Å². The molecule has 1 fully saturated rings. The summed E-state index contributed by atoms with van der Waals surface area (Å²) in [5.74, 6) is 0.656. The van der Waals surface area contributed by atoms with Crippen molar-refractivity contribution in [3.05, 3.63) is 12.4 Å². The summed E-state index contributed by atoms with van der Waals surface area (Å²) in [7, 11) is 1.87. The summed E-state index contributed by atoms with van der Waals surface area (Å²) in [5, 5.41) is 4.06. The Hall–Kier alpha value is -1.01. The molecule has 5 nitrogen and oxygen atoms in total. The van der Waals surface area contributed by atoms with E-state index in [1.807, 2.05) is 18.1 Å². The van der Waals surface area contributed by atoms with Gasteiger partial charge < -0.3 is 9.64 Å². The Morgan fingerprint density at radius 2 is 2.31 bits per heavy atom. The summed E-state index contributed by atoms with van der Waals surface area (Å²) >= 11 is 1.53. The third-order valence-electron chi connectivity index (χ3n) is 2.41. The molecule has 2 rings (SSSR count). The van der Waals surface area contributed by atoms with Gasteiger partial charge in [0.2, 0.25) is 5.91 Å². The molecule has 16 heavy (non-hydrogen) atoms. The average molecular weight is 241 g/mol. The summed E-state index contributed by atoms with van der Waals surface area (Å²) in [5.41, 5.74) is 0. The largest absolute Gasteiger partial charge is 0.378 e. The van der Waals surface area contributed by atoms with Gasteiger partial charge in [-0.3, -0.25) is 9.48 Å². The number of ether oxygens (including phenoxy) is 1. The van der Waals surface area contributed by atoms with E-state index < -0.39 is 0 Å². The van der Waals surface area contributed by atoms with E-state index in [4.69, 9.17) is 4.74 Å².